The average molecular weight is 449 g/mol. The van der Waals surface area contributed by atoms with Crippen LogP contribution in [0, 0.1) is 17.8 Å². The summed E-state index contributed by atoms with van der Waals surface area (Å²) >= 11 is 0. The number of aliphatic carboxylic acids is 2. The second kappa shape index (κ2) is 8.49. The number of carboxylic acid groups (broad SMARTS) is 2. The lowest BCUT2D eigenvalue weighted by Gasteiger charge is -2.57. The summed E-state index contributed by atoms with van der Waals surface area (Å²) in [4.78, 5) is 18.2. The number of hydrogen-bond donors (Lipinski definition) is 3. The molecule has 1 heterocycles. The van der Waals surface area contributed by atoms with Crippen LogP contribution in [0.4, 0.5) is 0 Å². The molecule has 0 amide bonds. The van der Waals surface area contributed by atoms with Gasteiger partial charge in [0.1, 0.15) is 0 Å². The van der Waals surface area contributed by atoms with Crippen molar-refractivity contribution in [3.05, 3.63) is 48.0 Å². The predicted molar refractivity (Wildman–Crippen MR) is 128 cm³/mol. The monoisotopic (exact) mass is 448 g/mol. The number of rotatable bonds is 4. The molecule has 6 nitrogen and oxygen atoms in total. The quantitative estimate of drug-likeness (QED) is 0.487. The van der Waals surface area contributed by atoms with Gasteiger partial charge in [-0.3, -0.25) is 0 Å². The molecule has 6 heteroatoms. The highest BCUT2D eigenvalue weighted by molar-refractivity contribution is 6.27. The van der Waals surface area contributed by atoms with E-state index >= 15 is 0 Å². The minimum atomic E-state index is -1.82. The molecule has 0 spiro atoms. The number of fused-ring (bicyclic) bond motifs is 3. The molecule has 0 aliphatic heterocycles. The van der Waals surface area contributed by atoms with Crippen molar-refractivity contribution in [3.8, 4) is 0 Å². The summed E-state index contributed by atoms with van der Waals surface area (Å²) in [5, 5.41) is 21.7. The molecular weight excluding hydrogens is 416 g/mol. The number of aryl methyl sites for hydroxylation is 1. The molecule has 33 heavy (non-hydrogen) atoms. The number of hydrogen-bond acceptors (Lipinski definition) is 3. The predicted octanol–water partition coefficient (Wildman–Crippen LogP) is 5.03. The summed E-state index contributed by atoms with van der Waals surface area (Å²) in [5.41, 5.74) is 4.62. The van der Waals surface area contributed by atoms with Gasteiger partial charge in [-0.15, -0.1) is 0 Å². The van der Waals surface area contributed by atoms with E-state index < -0.39 is 11.9 Å². The van der Waals surface area contributed by atoms with Crippen LogP contribution in [0.3, 0.4) is 0 Å². The zero-order valence-corrected chi connectivity index (χ0v) is 19.1. The number of nitrogens with one attached hydrogen (secondary N) is 1. The summed E-state index contributed by atoms with van der Waals surface area (Å²) in [6.45, 7) is 4.29. The van der Waals surface area contributed by atoms with Crippen LogP contribution in [0.2, 0.25) is 0 Å². The van der Waals surface area contributed by atoms with Crippen molar-refractivity contribution in [2.45, 2.75) is 64.1 Å². The Labute approximate surface area is 193 Å². The number of nitrogens with zero attached hydrogens (tertiary/aromatic N) is 1. The van der Waals surface area contributed by atoms with Gasteiger partial charge in [-0.1, -0.05) is 24.3 Å². The van der Waals surface area contributed by atoms with E-state index in [0.717, 1.165) is 30.8 Å². The van der Waals surface area contributed by atoms with Crippen LogP contribution >= 0.6 is 0 Å². The fraction of sp³-hybridized carbons (Fsp3) is 0.481. The lowest BCUT2D eigenvalue weighted by Crippen LogP contribution is -2.58. The molecule has 4 aliphatic rings. The van der Waals surface area contributed by atoms with Crippen molar-refractivity contribution in [3.63, 3.8) is 0 Å². The Morgan fingerprint density at radius 3 is 2.06 bits per heavy atom. The third kappa shape index (κ3) is 4.12. The Hall–Kier alpha value is -2.86. The van der Waals surface area contributed by atoms with Crippen molar-refractivity contribution in [1.29, 1.82) is 0 Å². The van der Waals surface area contributed by atoms with Gasteiger partial charge in [0.05, 0.1) is 0 Å². The van der Waals surface area contributed by atoms with Gasteiger partial charge in [0.15, 0.2) is 0 Å². The van der Waals surface area contributed by atoms with Crippen LogP contribution in [0.25, 0.3) is 21.8 Å². The Morgan fingerprint density at radius 1 is 0.909 bits per heavy atom. The SMILES string of the molecule is CCn1c2ccccc2c2cc(CNC34CC5CC(CC(C5)C3)C4)ccc21.O=C(O)C(=O)O. The number of para-hydroxylation sites is 1. The molecule has 174 valence electrons. The molecule has 3 N–H and O–H groups in total. The molecule has 1 aromatic heterocycles. The second-order valence-electron chi connectivity index (χ2n) is 10.3. The molecule has 4 saturated carbocycles. The number of carbonyl (C=O) groups is 2. The molecule has 0 saturated heterocycles. The summed E-state index contributed by atoms with van der Waals surface area (Å²) in [6, 6.07) is 16.0. The van der Waals surface area contributed by atoms with Gasteiger partial charge in [0.25, 0.3) is 0 Å². The van der Waals surface area contributed by atoms with Gasteiger partial charge in [-0.05, 0) is 87.0 Å². The maximum atomic E-state index is 9.10. The Kier molecular flexibility index (Phi) is 5.65. The standard InChI is InChI=1S/C25H30N2.C2H2O4/c1-2-27-23-6-4-3-5-21(23)22-12-17(7-8-24(22)27)16-26-25-13-18-9-19(14-25)11-20(10-18)15-25;3-1(4)2(5)6/h3-8,12,18-20,26H,2,9-11,13-16H2,1H3;(H,3,4)(H,5,6). The molecule has 0 atom stereocenters. The number of benzene rings is 2. The van der Waals surface area contributed by atoms with Crippen molar-refractivity contribution < 1.29 is 19.8 Å². The van der Waals surface area contributed by atoms with Crippen LogP contribution in [0.1, 0.15) is 51.0 Å². The highest BCUT2D eigenvalue weighted by Crippen LogP contribution is 2.55. The van der Waals surface area contributed by atoms with Crippen molar-refractivity contribution in [2.75, 3.05) is 0 Å². The molecule has 4 fully saturated rings. The molecule has 0 unspecified atom stereocenters. The van der Waals surface area contributed by atoms with Crippen molar-refractivity contribution in [1.82, 2.24) is 9.88 Å². The van der Waals surface area contributed by atoms with E-state index in [1.54, 1.807) is 0 Å². The first-order valence-corrected chi connectivity index (χ1v) is 12.1. The highest BCUT2D eigenvalue weighted by atomic mass is 16.4. The maximum Gasteiger partial charge on any atom is 0.414 e. The van der Waals surface area contributed by atoms with E-state index in [-0.39, 0.29) is 0 Å². The third-order valence-electron chi connectivity index (χ3n) is 8.04. The second-order valence-corrected chi connectivity index (χ2v) is 10.3. The zero-order chi connectivity index (χ0) is 23.2. The van der Waals surface area contributed by atoms with E-state index in [9.17, 15) is 0 Å². The molecular formula is C27H32N2O4. The minimum Gasteiger partial charge on any atom is -0.473 e. The Balaban J connectivity index is 0.000000340. The maximum absolute atomic E-state index is 9.10. The van der Waals surface area contributed by atoms with Gasteiger partial charge in [-0.25, -0.2) is 9.59 Å². The first kappa shape index (κ1) is 22.0. The van der Waals surface area contributed by atoms with Crippen LogP contribution in [0.5, 0.6) is 0 Å². The molecule has 0 radical (unpaired) electrons. The van der Waals surface area contributed by atoms with Gasteiger partial charge < -0.3 is 20.1 Å². The molecule has 2 aromatic carbocycles. The summed E-state index contributed by atoms with van der Waals surface area (Å²) in [6.07, 6.45) is 8.83. The first-order valence-electron chi connectivity index (χ1n) is 12.1. The molecule has 4 aliphatic carbocycles. The lowest BCUT2D eigenvalue weighted by atomic mass is 9.53. The van der Waals surface area contributed by atoms with Crippen LogP contribution in [-0.4, -0.2) is 32.3 Å². The molecule has 3 aromatic rings. The largest absolute Gasteiger partial charge is 0.473 e. The van der Waals surface area contributed by atoms with Gasteiger partial charge >= 0.3 is 11.9 Å². The normalized spacial score (nSPS) is 27.5. The number of carboxylic acids is 2. The van der Waals surface area contributed by atoms with Crippen molar-refractivity contribution in [2.24, 2.45) is 17.8 Å². The molecule has 4 bridgehead atoms. The van der Waals surface area contributed by atoms with E-state index in [1.165, 1.54) is 65.9 Å². The van der Waals surface area contributed by atoms with E-state index in [1.807, 2.05) is 0 Å². The smallest absolute Gasteiger partial charge is 0.414 e. The van der Waals surface area contributed by atoms with E-state index in [0.29, 0.717) is 5.54 Å². The molecule has 7 rings (SSSR count). The van der Waals surface area contributed by atoms with Gasteiger partial charge in [-0.2, -0.15) is 0 Å². The summed E-state index contributed by atoms with van der Waals surface area (Å²) in [7, 11) is 0. The minimum absolute atomic E-state index is 0.446. The highest BCUT2D eigenvalue weighted by Gasteiger charge is 2.50. The van der Waals surface area contributed by atoms with Crippen LogP contribution in [-0.2, 0) is 22.7 Å². The summed E-state index contributed by atoms with van der Waals surface area (Å²) < 4.78 is 2.45. The van der Waals surface area contributed by atoms with Gasteiger partial charge in [0.2, 0.25) is 0 Å². The zero-order valence-electron chi connectivity index (χ0n) is 19.1. The fourth-order valence-corrected chi connectivity index (χ4v) is 7.17. The Morgan fingerprint density at radius 2 is 1.48 bits per heavy atom. The van der Waals surface area contributed by atoms with E-state index in [2.05, 4.69) is 59.3 Å². The third-order valence-corrected chi connectivity index (χ3v) is 8.04. The van der Waals surface area contributed by atoms with Crippen molar-refractivity contribution >= 4 is 33.7 Å². The van der Waals surface area contributed by atoms with Gasteiger partial charge in [0, 0.05) is 40.4 Å². The topological polar surface area (TPSA) is 91.6 Å². The summed E-state index contributed by atoms with van der Waals surface area (Å²) in [5.74, 6) is -0.624. The number of aromatic nitrogens is 1. The Bertz CT molecular complexity index is 1160. The van der Waals surface area contributed by atoms with Crippen LogP contribution in [0.15, 0.2) is 42.5 Å². The van der Waals surface area contributed by atoms with Crippen LogP contribution < -0.4 is 5.32 Å². The first-order chi connectivity index (χ1) is 15.9. The van der Waals surface area contributed by atoms with E-state index in [4.69, 9.17) is 19.8 Å². The lowest BCUT2D eigenvalue weighted by molar-refractivity contribution is -0.159. The average Bonchev–Trinajstić information content (AvgIpc) is 3.10. The fourth-order valence-electron chi connectivity index (χ4n) is 7.17.